The maximum atomic E-state index is 13.6. The molecule has 106 valence electrons. The van der Waals surface area contributed by atoms with Crippen molar-refractivity contribution < 1.29 is 22.7 Å². The third-order valence-electron chi connectivity index (χ3n) is 2.56. The highest BCUT2D eigenvalue weighted by atomic mass is 19.3. The summed E-state index contributed by atoms with van der Waals surface area (Å²) < 4.78 is 42.3. The molecule has 0 saturated carbocycles. The van der Waals surface area contributed by atoms with E-state index in [2.05, 4.69) is 15.0 Å². The first-order valence-corrected chi connectivity index (χ1v) is 5.71. The number of hydrogen-bond acceptors (Lipinski definition) is 2. The number of benzene rings is 1. The second-order valence-electron chi connectivity index (χ2n) is 3.86. The summed E-state index contributed by atoms with van der Waals surface area (Å²) >= 11 is 0. The third kappa shape index (κ3) is 3.31. The normalized spacial score (nSPS) is 10.6. The first-order chi connectivity index (χ1) is 9.58. The molecule has 0 spiro atoms. The largest absolute Gasteiger partial charge is 0.434 e. The number of amides is 1. The van der Waals surface area contributed by atoms with E-state index in [1.807, 2.05) is 0 Å². The molecule has 4 nitrogen and oxygen atoms in total. The highest BCUT2D eigenvalue weighted by Gasteiger charge is 2.15. The molecular weight excluding hydrogens is 273 g/mol. The molecule has 1 amide bonds. The van der Waals surface area contributed by atoms with Crippen LogP contribution in [-0.2, 0) is 6.54 Å². The Balaban J connectivity index is 2.10. The van der Waals surface area contributed by atoms with Gasteiger partial charge in [0.1, 0.15) is 17.3 Å². The molecule has 7 heteroatoms. The number of carbonyl (C=O) groups excluding carboxylic acids is 1. The molecule has 0 unspecified atom stereocenters. The number of ether oxygens (including phenoxy) is 1. The van der Waals surface area contributed by atoms with Gasteiger partial charge in [-0.3, -0.25) is 4.79 Å². The molecule has 1 aromatic heterocycles. The quantitative estimate of drug-likeness (QED) is 0.887. The monoisotopic (exact) mass is 284 g/mol. The van der Waals surface area contributed by atoms with Crippen molar-refractivity contribution >= 4 is 5.91 Å². The molecular formula is C13H11F3N2O2. The summed E-state index contributed by atoms with van der Waals surface area (Å²) in [5, 5.41) is 2.42. The van der Waals surface area contributed by atoms with Crippen molar-refractivity contribution in [3.05, 3.63) is 53.6 Å². The number of hydrogen-bond donors (Lipinski definition) is 2. The Kier molecular flexibility index (Phi) is 4.29. The fourth-order valence-corrected chi connectivity index (χ4v) is 1.65. The van der Waals surface area contributed by atoms with Crippen molar-refractivity contribution in [2.45, 2.75) is 13.2 Å². The maximum absolute atomic E-state index is 13.6. The van der Waals surface area contributed by atoms with Gasteiger partial charge >= 0.3 is 6.61 Å². The van der Waals surface area contributed by atoms with E-state index in [-0.39, 0.29) is 23.6 Å². The highest BCUT2D eigenvalue weighted by Crippen LogP contribution is 2.23. The lowest BCUT2D eigenvalue weighted by Crippen LogP contribution is -2.24. The lowest BCUT2D eigenvalue weighted by Gasteiger charge is -2.12. The van der Waals surface area contributed by atoms with Crippen molar-refractivity contribution in [1.82, 2.24) is 10.3 Å². The van der Waals surface area contributed by atoms with Crippen LogP contribution in [0.1, 0.15) is 16.1 Å². The van der Waals surface area contributed by atoms with Gasteiger partial charge in [-0.1, -0.05) is 6.07 Å². The number of nitrogens with one attached hydrogen (secondary N) is 2. The average Bonchev–Trinajstić information content (AvgIpc) is 2.91. The smallest absolute Gasteiger partial charge is 0.387 e. The van der Waals surface area contributed by atoms with Gasteiger partial charge in [0.15, 0.2) is 0 Å². The Morgan fingerprint density at radius 1 is 1.30 bits per heavy atom. The molecule has 2 aromatic rings. The van der Waals surface area contributed by atoms with Crippen LogP contribution < -0.4 is 10.1 Å². The van der Waals surface area contributed by atoms with Crippen LogP contribution in [0.2, 0.25) is 0 Å². The number of halogens is 3. The topological polar surface area (TPSA) is 54.1 Å². The molecule has 1 aromatic carbocycles. The number of carbonyl (C=O) groups is 1. The van der Waals surface area contributed by atoms with Gasteiger partial charge in [0.05, 0.1) is 0 Å². The van der Waals surface area contributed by atoms with Gasteiger partial charge in [-0.15, -0.1) is 0 Å². The lowest BCUT2D eigenvalue weighted by atomic mass is 10.2. The van der Waals surface area contributed by atoms with Gasteiger partial charge in [0.25, 0.3) is 5.91 Å². The molecule has 0 aliphatic carbocycles. The minimum atomic E-state index is -3.06. The van der Waals surface area contributed by atoms with Gasteiger partial charge in [-0.25, -0.2) is 4.39 Å². The molecule has 0 radical (unpaired) electrons. The van der Waals surface area contributed by atoms with Crippen LogP contribution >= 0.6 is 0 Å². The average molecular weight is 284 g/mol. The Morgan fingerprint density at radius 2 is 2.10 bits per heavy atom. The van der Waals surface area contributed by atoms with Crippen LogP contribution in [-0.4, -0.2) is 17.5 Å². The van der Waals surface area contributed by atoms with Crippen LogP contribution in [0.5, 0.6) is 5.75 Å². The standard InChI is InChI=1S/C13H11F3N2O2/c14-9-3-1-5-11(20-13(15)16)8(9)7-18-12(19)10-4-2-6-17-10/h1-6,13,17H,7H2,(H,18,19). The minimum Gasteiger partial charge on any atom is -0.434 e. The van der Waals surface area contributed by atoms with Crippen LogP contribution in [0.3, 0.4) is 0 Å². The van der Waals surface area contributed by atoms with E-state index in [0.29, 0.717) is 0 Å². The zero-order valence-electron chi connectivity index (χ0n) is 10.2. The van der Waals surface area contributed by atoms with Gasteiger partial charge in [0.2, 0.25) is 0 Å². The molecule has 2 N–H and O–H groups in total. The van der Waals surface area contributed by atoms with Crippen molar-refractivity contribution in [3.8, 4) is 5.75 Å². The maximum Gasteiger partial charge on any atom is 0.387 e. The molecule has 0 fully saturated rings. The molecule has 0 aliphatic rings. The number of aromatic amines is 1. The molecule has 1 heterocycles. The van der Waals surface area contributed by atoms with E-state index in [9.17, 15) is 18.0 Å². The second kappa shape index (κ2) is 6.14. The summed E-state index contributed by atoms with van der Waals surface area (Å²) in [4.78, 5) is 14.3. The summed E-state index contributed by atoms with van der Waals surface area (Å²) in [5.74, 6) is -1.50. The SMILES string of the molecule is O=C(NCc1c(F)cccc1OC(F)F)c1ccc[nH]1. The second-order valence-corrected chi connectivity index (χ2v) is 3.86. The predicted molar refractivity (Wildman–Crippen MR) is 65.0 cm³/mol. The zero-order valence-corrected chi connectivity index (χ0v) is 10.2. The van der Waals surface area contributed by atoms with Crippen LogP contribution in [0.15, 0.2) is 36.5 Å². The molecule has 0 atom stereocenters. The van der Waals surface area contributed by atoms with Crippen LogP contribution in [0.4, 0.5) is 13.2 Å². The van der Waals surface area contributed by atoms with E-state index in [0.717, 1.165) is 6.07 Å². The Bertz CT molecular complexity index is 585. The highest BCUT2D eigenvalue weighted by molar-refractivity contribution is 5.92. The van der Waals surface area contributed by atoms with E-state index in [1.165, 1.54) is 18.2 Å². The van der Waals surface area contributed by atoms with Crippen molar-refractivity contribution in [1.29, 1.82) is 0 Å². The van der Waals surface area contributed by atoms with E-state index >= 15 is 0 Å². The molecule has 20 heavy (non-hydrogen) atoms. The van der Waals surface area contributed by atoms with Gasteiger partial charge in [-0.05, 0) is 24.3 Å². The lowest BCUT2D eigenvalue weighted by molar-refractivity contribution is -0.0506. The number of H-pyrrole nitrogens is 1. The van der Waals surface area contributed by atoms with E-state index in [1.54, 1.807) is 12.3 Å². The molecule has 0 bridgehead atoms. The van der Waals surface area contributed by atoms with Crippen LogP contribution in [0.25, 0.3) is 0 Å². The van der Waals surface area contributed by atoms with Crippen molar-refractivity contribution in [3.63, 3.8) is 0 Å². The zero-order chi connectivity index (χ0) is 14.5. The Hall–Kier alpha value is -2.44. The van der Waals surface area contributed by atoms with Gasteiger partial charge in [0, 0.05) is 18.3 Å². The van der Waals surface area contributed by atoms with Gasteiger partial charge < -0.3 is 15.0 Å². The number of alkyl halides is 2. The summed E-state index contributed by atoms with van der Waals surface area (Å²) in [6, 6.07) is 6.74. The first-order valence-electron chi connectivity index (χ1n) is 5.71. The summed E-state index contributed by atoms with van der Waals surface area (Å²) in [6.07, 6.45) is 1.56. The fraction of sp³-hybridized carbons (Fsp3) is 0.154. The predicted octanol–water partition coefficient (Wildman–Crippen LogP) is 2.69. The molecule has 2 rings (SSSR count). The minimum absolute atomic E-state index is 0.132. The number of aromatic nitrogens is 1. The molecule has 0 aliphatic heterocycles. The summed E-state index contributed by atoms with van der Waals surface area (Å²) in [7, 11) is 0. The van der Waals surface area contributed by atoms with E-state index < -0.39 is 18.3 Å². The van der Waals surface area contributed by atoms with E-state index in [4.69, 9.17) is 0 Å². The van der Waals surface area contributed by atoms with Gasteiger partial charge in [-0.2, -0.15) is 8.78 Å². The first kappa shape index (κ1) is 14.0. The third-order valence-corrected chi connectivity index (χ3v) is 2.56. The van der Waals surface area contributed by atoms with Crippen molar-refractivity contribution in [2.75, 3.05) is 0 Å². The van der Waals surface area contributed by atoms with Crippen molar-refractivity contribution in [2.24, 2.45) is 0 Å². The van der Waals surface area contributed by atoms with Crippen LogP contribution in [0, 0.1) is 5.82 Å². The number of rotatable bonds is 5. The molecule has 0 saturated heterocycles. The Morgan fingerprint density at radius 3 is 2.75 bits per heavy atom. The Labute approximate surface area is 112 Å². The fourth-order valence-electron chi connectivity index (χ4n) is 1.65. The summed E-state index contributed by atoms with van der Waals surface area (Å²) in [6.45, 7) is -3.32. The summed E-state index contributed by atoms with van der Waals surface area (Å²) in [5.41, 5.74) is 0.158.